The summed E-state index contributed by atoms with van der Waals surface area (Å²) in [5.74, 6) is -2.15. The summed E-state index contributed by atoms with van der Waals surface area (Å²) < 4.78 is 11.1. The number of carbonyl (C=O) groups is 4. The first kappa shape index (κ1) is 21.3. The van der Waals surface area contributed by atoms with Crippen molar-refractivity contribution in [1.82, 2.24) is 0 Å². The van der Waals surface area contributed by atoms with E-state index in [0.717, 1.165) is 0 Å². The molecule has 7 heteroatoms. The van der Waals surface area contributed by atoms with Crippen molar-refractivity contribution in [2.75, 3.05) is 0 Å². The van der Waals surface area contributed by atoms with Gasteiger partial charge >= 0.3 is 11.9 Å². The van der Waals surface area contributed by atoms with Crippen LogP contribution in [-0.2, 0) is 28.7 Å². The number of carbonyl (C=O) groups excluding carboxylic acids is 4. The average molecular weight is 440 g/mol. The summed E-state index contributed by atoms with van der Waals surface area (Å²) in [5.41, 5.74) is -7.54. The summed E-state index contributed by atoms with van der Waals surface area (Å²) in [6.07, 6.45) is 2.31. The molecule has 170 valence electrons. The van der Waals surface area contributed by atoms with Gasteiger partial charge in [0.25, 0.3) is 0 Å². The van der Waals surface area contributed by atoms with Gasteiger partial charge in [0.05, 0.1) is 10.8 Å². The maximum absolute atomic E-state index is 13.9. The molecule has 0 amide bonds. The maximum atomic E-state index is 13.9. The summed E-state index contributed by atoms with van der Waals surface area (Å²) in [7, 11) is 0. The smallest absolute Gasteiger partial charge is 0.331 e. The zero-order valence-electron chi connectivity index (χ0n) is 19.3. The molecule has 1 N–H and O–H groups in total. The third-order valence-corrected chi connectivity index (χ3v) is 9.44. The minimum absolute atomic E-state index is 0.0140. The van der Waals surface area contributed by atoms with Crippen LogP contribution in [0.1, 0.15) is 54.4 Å². The molecule has 6 unspecified atom stereocenters. The molecule has 1 saturated heterocycles. The van der Waals surface area contributed by atoms with E-state index in [-0.39, 0.29) is 18.6 Å². The van der Waals surface area contributed by atoms with Crippen LogP contribution in [0.5, 0.6) is 0 Å². The predicted octanol–water partition coefficient (Wildman–Crippen LogP) is 2.37. The molecule has 2 aliphatic heterocycles. The Kier molecular flexibility index (Phi) is 3.55. The molecule has 0 aromatic rings. The molecular weight excluding hydrogens is 412 g/mol. The van der Waals surface area contributed by atoms with Crippen LogP contribution >= 0.6 is 0 Å². The van der Waals surface area contributed by atoms with E-state index in [1.165, 1.54) is 19.9 Å². The first-order chi connectivity index (χ1) is 14.6. The molecule has 0 aromatic heterocycles. The SMILES string of the molecule is C=C1C2(C)CC3(C(C)=O)C4=CC(=O)OC(C)(C)C4=CCC3(C)C13C(=O)OC(C)C3(O)C2=O. The highest BCUT2D eigenvalue weighted by atomic mass is 16.6. The van der Waals surface area contributed by atoms with Crippen LogP contribution < -0.4 is 0 Å². The Morgan fingerprint density at radius 3 is 2.38 bits per heavy atom. The van der Waals surface area contributed by atoms with Crippen LogP contribution in [0, 0.1) is 21.7 Å². The summed E-state index contributed by atoms with van der Waals surface area (Å²) >= 11 is 0. The van der Waals surface area contributed by atoms with Gasteiger partial charge in [-0.15, -0.1) is 0 Å². The van der Waals surface area contributed by atoms with Crippen LogP contribution in [0.2, 0.25) is 0 Å². The van der Waals surface area contributed by atoms with Gasteiger partial charge in [0.15, 0.2) is 11.4 Å². The topological polar surface area (TPSA) is 107 Å². The number of hydrogen-bond donors (Lipinski definition) is 1. The number of ketones is 2. The van der Waals surface area contributed by atoms with Gasteiger partial charge in [0, 0.05) is 11.5 Å². The van der Waals surface area contributed by atoms with Gasteiger partial charge in [-0.2, -0.15) is 0 Å². The number of Topliss-reactive ketones (excluding diaryl/α,β-unsaturated/α-hetero) is 2. The lowest BCUT2D eigenvalue weighted by atomic mass is 9.36. The minimum Gasteiger partial charge on any atom is -0.458 e. The van der Waals surface area contributed by atoms with Gasteiger partial charge in [-0.05, 0) is 64.2 Å². The van der Waals surface area contributed by atoms with Crippen LogP contribution in [0.15, 0.2) is 35.5 Å². The molecule has 2 heterocycles. The highest BCUT2D eigenvalue weighted by Gasteiger charge is 2.91. The van der Waals surface area contributed by atoms with E-state index in [4.69, 9.17) is 9.47 Å². The summed E-state index contributed by atoms with van der Waals surface area (Å²) in [6, 6.07) is 0. The van der Waals surface area contributed by atoms with Crippen LogP contribution in [0.25, 0.3) is 0 Å². The Morgan fingerprint density at radius 1 is 1.16 bits per heavy atom. The van der Waals surface area contributed by atoms with Crippen LogP contribution in [0.3, 0.4) is 0 Å². The molecule has 5 rings (SSSR count). The second kappa shape index (κ2) is 5.33. The first-order valence-electron chi connectivity index (χ1n) is 10.9. The number of cyclic esters (lactones) is 2. The number of aliphatic hydroxyl groups is 1. The molecule has 3 fully saturated rings. The molecule has 2 saturated carbocycles. The van der Waals surface area contributed by atoms with Crippen LogP contribution in [-0.4, -0.2) is 45.9 Å². The Bertz CT molecular complexity index is 1140. The quantitative estimate of drug-likeness (QED) is 0.493. The molecule has 0 radical (unpaired) electrons. The van der Waals surface area contributed by atoms with Gasteiger partial charge in [-0.3, -0.25) is 14.4 Å². The molecule has 32 heavy (non-hydrogen) atoms. The number of hydrogen-bond acceptors (Lipinski definition) is 7. The summed E-state index contributed by atoms with van der Waals surface area (Å²) in [5, 5.41) is 12.0. The molecular formula is C25H28O7. The van der Waals surface area contributed by atoms with E-state index in [1.54, 1.807) is 27.7 Å². The average Bonchev–Trinajstić information content (AvgIpc) is 2.93. The minimum atomic E-state index is -2.15. The Labute approximate surface area is 186 Å². The van der Waals surface area contributed by atoms with E-state index in [2.05, 4.69) is 6.58 Å². The van der Waals surface area contributed by atoms with E-state index in [1.807, 2.05) is 6.08 Å². The van der Waals surface area contributed by atoms with Crippen molar-refractivity contribution in [3.8, 4) is 0 Å². The van der Waals surface area contributed by atoms with Crippen molar-refractivity contribution in [2.24, 2.45) is 21.7 Å². The van der Waals surface area contributed by atoms with Crippen LogP contribution in [0.4, 0.5) is 0 Å². The lowest BCUT2D eigenvalue weighted by Gasteiger charge is -2.64. The molecule has 7 nitrogen and oxygen atoms in total. The second-order valence-corrected chi connectivity index (χ2v) is 11.0. The van der Waals surface area contributed by atoms with Gasteiger partial charge in [-0.25, -0.2) is 4.79 Å². The lowest BCUT2D eigenvalue weighted by molar-refractivity contribution is -0.174. The molecule has 5 aliphatic rings. The monoisotopic (exact) mass is 440 g/mol. The number of rotatable bonds is 1. The zero-order valence-corrected chi connectivity index (χ0v) is 19.3. The number of fused-ring (bicyclic) bond motifs is 4. The first-order valence-corrected chi connectivity index (χ1v) is 10.9. The number of allylic oxidation sites excluding steroid dienone is 1. The fourth-order valence-corrected chi connectivity index (χ4v) is 7.98. The molecule has 1 spiro atoms. The lowest BCUT2D eigenvalue weighted by Crippen LogP contribution is -2.68. The molecule has 2 bridgehead atoms. The van der Waals surface area contributed by atoms with Crippen molar-refractivity contribution in [3.05, 3.63) is 35.5 Å². The zero-order chi connectivity index (χ0) is 23.9. The van der Waals surface area contributed by atoms with E-state index in [9.17, 15) is 24.3 Å². The van der Waals surface area contributed by atoms with E-state index in [0.29, 0.717) is 16.7 Å². The van der Waals surface area contributed by atoms with E-state index < -0.39 is 56.7 Å². The summed E-state index contributed by atoms with van der Waals surface area (Å²) in [6.45, 7) is 14.0. The summed E-state index contributed by atoms with van der Waals surface area (Å²) in [4.78, 5) is 53.8. The number of esters is 2. The van der Waals surface area contributed by atoms with E-state index >= 15 is 0 Å². The predicted molar refractivity (Wildman–Crippen MR) is 112 cm³/mol. The third kappa shape index (κ3) is 1.66. The van der Waals surface area contributed by atoms with Crippen molar-refractivity contribution in [1.29, 1.82) is 0 Å². The maximum Gasteiger partial charge on any atom is 0.331 e. The van der Waals surface area contributed by atoms with Gasteiger partial charge in [-0.1, -0.05) is 19.6 Å². The largest absolute Gasteiger partial charge is 0.458 e. The number of ether oxygens (including phenoxy) is 2. The second-order valence-electron chi connectivity index (χ2n) is 11.0. The molecule has 6 atom stereocenters. The highest BCUT2D eigenvalue weighted by molar-refractivity contribution is 6.13. The fourth-order valence-electron chi connectivity index (χ4n) is 7.98. The van der Waals surface area contributed by atoms with Gasteiger partial charge in [0.1, 0.15) is 22.9 Å². The van der Waals surface area contributed by atoms with Crippen molar-refractivity contribution in [2.45, 2.75) is 71.7 Å². The highest BCUT2D eigenvalue weighted by Crippen LogP contribution is 2.82. The third-order valence-electron chi connectivity index (χ3n) is 9.44. The van der Waals surface area contributed by atoms with Gasteiger partial charge < -0.3 is 14.6 Å². The Hall–Kier alpha value is -2.54. The molecule has 3 aliphatic carbocycles. The Morgan fingerprint density at radius 2 is 1.78 bits per heavy atom. The molecule has 0 aromatic carbocycles. The van der Waals surface area contributed by atoms with Crippen molar-refractivity contribution in [3.63, 3.8) is 0 Å². The Balaban J connectivity index is 1.96. The van der Waals surface area contributed by atoms with Crippen molar-refractivity contribution < 1.29 is 33.8 Å². The normalized spacial score (nSPS) is 48.2. The fraction of sp³-hybridized carbons (Fsp3) is 0.600. The van der Waals surface area contributed by atoms with Crippen molar-refractivity contribution >= 4 is 23.5 Å². The van der Waals surface area contributed by atoms with Gasteiger partial charge in [0.2, 0.25) is 0 Å². The standard InChI is InChI=1S/C25H28O7/c1-12-21(6)11-23(13(2)26)16-10-17(27)32-20(4,5)15(16)8-9-22(23,7)24(12)19(29)31-14(3)25(24,30)18(21)28/h8,10,14,30H,1,9,11H2,2-7H3.